The molecule has 146 valence electrons. The van der Waals surface area contributed by atoms with Crippen molar-refractivity contribution >= 4 is 40.0 Å². The van der Waals surface area contributed by atoms with E-state index in [2.05, 4.69) is 35.4 Å². The molecule has 2 saturated heterocycles. The average Bonchev–Trinajstić information content (AvgIpc) is 3.37. The van der Waals surface area contributed by atoms with Gasteiger partial charge in [0.15, 0.2) is 5.13 Å². The lowest BCUT2D eigenvalue weighted by Crippen LogP contribution is -2.48. The van der Waals surface area contributed by atoms with Gasteiger partial charge < -0.3 is 10.2 Å². The standard InChI is InChI=1S/C21H23N3O2S2/c1-21-9-8-18(25)24(21)17(12-28-21)19(26)23-20-22-16(11-27-20)15-7-6-13-4-2-3-5-14(13)10-15/h6-7,10-11,17H,2-5,8-9,12H2,1H3,(H,22,23,26)/t17-,21+/m1/s1. The number of anilines is 1. The van der Waals surface area contributed by atoms with E-state index in [1.54, 1.807) is 16.7 Å². The van der Waals surface area contributed by atoms with E-state index in [0.717, 1.165) is 24.1 Å². The number of amides is 2. The maximum atomic E-state index is 12.8. The van der Waals surface area contributed by atoms with Crippen LogP contribution < -0.4 is 5.32 Å². The van der Waals surface area contributed by atoms with E-state index in [1.165, 1.54) is 41.7 Å². The van der Waals surface area contributed by atoms with Crippen LogP contribution in [0.2, 0.25) is 0 Å². The van der Waals surface area contributed by atoms with Crippen LogP contribution in [0.15, 0.2) is 23.6 Å². The maximum Gasteiger partial charge on any atom is 0.249 e. The van der Waals surface area contributed by atoms with Gasteiger partial charge in [-0.2, -0.15) is 0 Å². The molecule has 1 aromatic heterocycles. The number of thiazole rings is 1. The highest BCUT2D eigenvalue weighted by atomic mass is 32.2. The number of aryl methyl sites for hydroxylation is 2. The third-order valence-electron chi connectivity index (χ3n) is 6.13. The Morgan fingerprint density at radius 1 is 1.25 bits per heavy atom. The fraction of sp³-hybridized carbons (Fsp3) is 0.476. The fourth-order valence-electron chi connectivity index (χ4n) is 4.56. The van der Waals surface area contributed by atoms with Crippen LogP contribution in [-0.4, -0.2) is 38.4 Å². The molecule has 1 N–H and O–H groups in total. The van der Waals surface area contributed by atoms with E-state index in [9.17, 15) is 9.59 Å². The summed E-state index contributed by atoms with van der Waals surface area (Å²) in [5.41, 5.74) is 4.89. The summed E-state index contributed by atoms with van der Waals surface area (Å²) in [4.78, 5) is 31.3. The summed E-state index contributed by atoms with van der Waals surface area (Å²) in [6, 6.07) is 6.20. The van der Waals surface area contributed by atoms with Crippen molar-refractivity contribution in [2.45, 2.75) is 56.4 Å². The van der Waals surface area contributed by atoms with E-state index >= 15 is 0 Å². The van der Waals surface area contributed by atoms with E-state index in [4.69, 9.17) is 0 Å². The summed E-state index contributed by atoms with van der Waals surface area (Å²) < 4.78 is 0. The van der Waals surface area contributed by atoms with Gasteiger partial charge >= 0.3 is 0 Å². The fourth-order valence-corrected chi connectivity index (χ4v) is 6.71. The van der Waals surface area contributed by atoms with Gasteiger partial charge in [0.05, 0.1) is 10.6 Å². The Bertz CT molecular complexity index is 957. The molecule has 2 fully saturated rings. The molecule has 3 heterocycles. The smallest absolute Gasteiger partial charge is 0.249 e. The Kier molecular flexibility index (Phi) is 4.47. The van der Waals surface area contributed by atoms with Gasteiger partial charge in [0.25, 0.3) is 0 Å². The lowest BCUT2D eigenvalue weighted by atomic mass is 9.90. The van der Waals surface area contributed by atoms with Gasteiger partial charge in [0, 0.05) is 23.1 Å². The van der Waals surface area contributed by atoms with Gasteiger partial charge in [0.2, 0.25) is 11.8 Å². The molecule has 0 spiro atoms. The number of rotatable bonds is 3. The molecule has 2 aliphatic heterocycles. The molecule has 28 heavy (non-hydrogen) atoms. The van der Waals surface area contributed by atoms with Crippen molar-refractivity contribution in [3.63, 3.8) is 0 Å². The van der Waals surface area contributed by atoms with Crippen molar-refractivity contribution in [1.29, 1.82) is 0 Å². The minimum atomic E-state index is -0.402. The molecule has 0 saturated carbocycles. The van der Waals surface area contributed by atoms with Gasteiger partial charge in [-0.3, -0.25) is 9.59 Å². The van der Waals surface area contributed by atoms with Crippen molar-refractivity contribution < 1.29 is 9.59 Å². The number of carbonyl (C=O) groups is 2. The number of aromatic nitrogens is 1. The summed E-state index contributed by atoms with van der Waals surface area (Å²) in [7, 11) is 0. The Morgan fingerprint density at radius 3 is 2.93 bits per heavy atom. The van der Waals surface area contributed by atoms with Crippen molar-refractivity contribution in [3.05, 3.63) is 34.7 Å². The van der Waals surface area contributed by atoms with Crippen molar-refractivity contribution in [2.75, 3.05) is 11.1 Å². The van der Waals surface area contributed by atoms with Crippen LogP contribution in [0.25, 0.3) is 11.3 Å². The monoisotopic (exact) mass is 413 g/mol. The van der Waals surface area contributed by atoms with Gasteiger partial charge in [-0.15, -0.1) is 23.1 Å². The summed E-state index contributed by atoms with van der Waals surface area (Å²) in [5, 5.41) is 5.54. The van der Waals surface area contributed by atoms with Crippen molar-refractivity contribution in [2.24, 2.45) is 0 Å². The molecule has 2 atom stereocenters. The first-order valence-corrected chi connectivity index (χ1v) is 11.7. The van der Waals surface area contributed by atoms with Crippen molar-refractivity contribution in [3.8, 4) is 11.3 Å². The summed E-state index contributed by atoms with van der Waals surface area (Å²) >= 11 is 3.15. The van der Waals surface area contributed by atoms with Crippen molar-refractivity contribution in [1.82, 2.24) is 9.88 Å². The number of hydrogen-bond donors (Lipinski definition) is 1. The molecule has 7 heteroatoms. The van der Waals surface area contributed by atoms with Gasteiger partial charge in [-0.25, -0.2) is 4.98 Å². The summed E-state index contributed by atoms with van der Waals surface area (Å²) in [6.07, 6.45) is 6.19. The second-order valence-electron chi connectivity index (χ2n) is 7.98. The Balaban J connectivity index is 1.32. The van der Waals surface area contributed by atoms with Gasteiger partial charge in [-0.05, 0) is 56.2 Å². The summed E-state index contributed by atoms with van der Waals surface area (Å²) in [6.45, 7) is 2.06. The Hall–Kier alpha value is -1.86. The Labute approximate surface area is 172 Å². The number of thioether (sulfide) groups is 1. The first kappa shape index (κ1) is 18.2. The molecule has 3 aliphatic rings. The number of hydrogen-bond acceptors (Lipinski definition) is 5. The quantitative estimate of drug-likeness (QED) is 0.824. The predicted octanol–water partition coefficient (Wildman–Crippen LogP) is 4.08. The first-order valence-electron chi connectivity index (χ1n) is 9.88. The van der Waals surface area contributed by atoms with Crippen LogP contribution in [0, 0.1) is 0 Å². The average molecular weight is 414 g/mol. The van der Waals surface area contributed by atoms with Gasteiger partial charge in [-0.1, -0.05) is 12.1 Å². The molecule has 2 aromatic rings. The van der Waals surface area contributed by atoms with Crippen LogP contribution in [0.3, 0.4) is 0 Å². The number of benzene rings is 1. The van der Waals surface area contributed by atoms with E-state index < -0.39 is 6.04 Å². The minimum Gasteiger partial charge on any atom is -0.315 e. The van der Waals surface area contributed by atoms with Crippen LogP contribution in [0.5, 0.6) is 0 Å². The maximum absolute atomic E-state index is 12.8. The predicted molar refractivity (Wildman–Crippen MR) is 114 cm³/mol. The number of nitrogens with one attached hydrogen (secondary N) is 1. The molecule has 0 radical (unpaired) electrons. The van der Waals surface area contributed by atoms with E-state index in [0.29, 0.717) is 17.3 Å². The van der Waals surface area contributed by atoms with Crippen LogP contribution in [-0.2, 0) is 22.4 Å². The van der Waals surface area contributed by atoms with Crippen LogP contribution in [0.4, 0.5) is 5.13 Å². The Morgan fingerprint density at radius 2 is 2.07 bits per heavy atom. The van der Waals surface area contributed by atoms with E-state index in [-0.39, 0.29) is 16.7 Å². The zero-order valence-corrected chi connectivity index (χ0v) is 17.5. The zero-order valence-electron chi connectivity index (χ0n) is 15.9. The van der Waals surface area contributed by atoms with Crippen LogP contribution >= 0.6 is 23.1 Å². The number of fused-ring (bicyclic) bond motifs is 2. The highest BCUT2D eigenvalue weighted by Gasteiger charge is 2.52. The second kappa shape index (κ2) is 6.88. The van der Waals surface area contributed by atoms with Crippen LogP contribution in [0.1, 0.15) is 43.7 Å². The normalized spacial score (nSPS) is 26.2. The molecule has 0 bridgehead atoms. The molecule has 0 unspecified atom stereocenters. The zero-order chi connectivity index (χ0) is 19.3. The number of nitrogens with zero attached hydrogens (tertiary/aromatic N) is 2. The molecule has 5 nitrogen and oxygen atoms in total. The van der Waals surface area contributed by atoms with Gasteiger partial charge in [0.1, 0.15) is 6.04 Å². The molecule has 5 rings (SSSR count). The third-order valence-corrected chi connectivity index (χ3v) is 8.39. The SMILES string of the molecule is C[C@]12CCC(=O)N1[C@@H](C(=O)Nc1nc(-c3ccc4c(c3)CCCC4)cs1)CS2. The molecular weight excluding hydrogens is 390 g/mol. The summed E-state index contributed by atoms with van der Waals surface area (Å²) in [5.74, 6) is 0.608. The third kappa shape index (κ3) is 3.05. The molecule has 1 aromatic carbocycles. The largest absolute Gasteiger partial charge is 0.315 e. The lowest BCUT2D eigenvalue weighted by Gasteiger charge is -2.29. The molecular formula is C21H23N3O2S2. The molecule has 1 aliphatic carbocycles. The number of carbonyl (C=O) groups excluding carboxylic acids is 2. The minimum absolute atomic E-state index is 0.0848. The van der Waals surface area contributed by atoms with E-state index in [1.807, 2.05) is 5.38 Å². The molecule has 2 amide bonds. The second-order valence-corrected chi connectivity index (χ2v) is 10.3. The highest BCUT2D eigenvalue weighted by Crippen LogP contribution is 2.47. The topological polar surface area (TPSA) is 62.3 Å². The lowest BCUT2D eigenvalue weighted by molar-refractivity contribution is -0.135. The highest BCUT2D eigenvalue weighted by molar-refractivity contribution is 8.01. The first-order chi connectivity index (χ1) is 13.5.